The number of aromatic nitrogens is 2. The fraction of sp³-hybridized carbons (Fsp3) is 0.333. The number of hydrogen-bond acceptors (Lipinski definition) is 5. The molecule has 0 amide bonds. The minimum Gasteiger partial charge on any atom is -0.496 e. The SMILES string of the molecule is COc1cc2ncnc(Nc3cc(-c4ccco4)ccc3C3CCC3)c2cc1C1CCC1. The van der Waals surface area contributed by atoms with Crippen LogP contribution in [0.15, 0.2) is 59.5 Å². The summed E-state index contributed by atoms with van der Waals surface area (Å²) in [6, 6.07) is 14.8. The molecule has 0 saturated heterocycles. The number of hydrogen-bond donors (Lipinski definition) is 1. The summed E-state index contributed by atoms with van der Waals surface area (Å²) < 4.78 is 11.4. The van der Waals surface area contributed by atoms with E-state index in [1.54, 1.807) is 19.7 Å². The van der Waals surface area contributed by atoms with E-state index in [2.05, 4.69) is 45.6 Å². The normalized spacial score (nSPS) is 16.5. The standard InChI is InChI=1S/C27H27N3O2/c1-31-26-15-23-22(14-21(26)18-7-3-8-18)27(29-16-28-23)30-24-13-19(25-9-4-12-32-25)10-11-20(24)17-5-2-6-17/h4,9-18H,2-3,5-8H2,1H3,(H,28,29,30). The summed E-state index contributed by atoms with van der Waals surface area (Å²) in [7, 11) is 1.74. The van der Waals surface area contributed by atoms with Crippen LogP contribution in [-0.2, 0) is 0 Å². The number of benzene rings is 2. The first-order valence-electron chi connectivity index (χ1n) is 11.6. The highest BCUT2D eigenvalue weighted by molar-refractivity contribution is 5.93. The highest BCUT2D eigenvalue weighted by Gasteiger charge is 2.25. The molecule has 0 atom stereocenters. The van der Waals surface area contributed by atoms with Gasteiger partial charge < -0.3 is 14.5 Å². The highest BCUT2D eigenvalue weighted by atomic mass is 16.5. The van der Waals surface area contributed by atoms with Crippen molar-refractivity contribution in [2.24, 2.45) is 0 Å². The summed E-state index contributed by atoms with van der Waals surface area (Å²) in [6.45, 7) is 0. The number of fused-ring (bicyclic) bond motifs is 1. The molecule has 2 aromatic heterocycles. The van der Waals surface area contributed by atoms with Gasteiger partial charge in [0.2, 0.25) is 0 Å². The van der Waals surface area contributed by atoms with Crippen LogP contribution in [0.5, 0.6) is 5.75 Å². The maximum atomic E-state index is 5.71. The summed E-state index contributed by atoms with van der Waals surface area (Å²) in [4.78, 5) is 9.19. The van der Waals surface area contributed by atoms with E-state index in [1.165, 1.54) is 49.7 Å². The minimum atomic E-state index is 0.565. The van der Waals surface area contributed by atoms with E-state index in [1.807, 2.05) is 12.1 Å². The van der Waals surface area contributed by atoms with Gasteiger partial charge in [-0.1, -0.05) is 25.0 Å². The second-order valence-corrected chi connectivity index (χ2v) is 8.99. The fourth-order valence-electron chi connectivity index (χ4n) is 4.88. The maximum Gasteiger partial charge on any atom is 0.141 e. The monoisotopic (exact) mass is 425 g/mol. The van der Waals surface area contributed by atoms with Gasteiger partial charge in [0.05, 0.1) is 18.9 Å². The third-order valence-electron chi connectivity index (χ3n) is 7.19. The first-order valence-corrected chi connectivity index (χ1v) is 11.6. The highest BCUT2D eigenvalue weighted by Crippen LogP contribution is 2.44. The zero-order chi connectivity index (χ0) is 21.5. The third kappa shape index (κ3) is 3.32. The molecule has 2 aromatic carbocycles. The molecular formula is C27H27N3O2. The van der Waals surface area contributed by atoms with Crippen molar-refractivity contribution in [3.05, 3.63) is 66.2 Å². The molecule has 2 heterocycles. The van der Waals surface area contributed by atoms with Gasteiger partial charge in [0.15, 0.2) is 0 Å². The van der Waals surface area contributed by atoms with Crippen LogP contribution in [0, 0.1) is 0 Å². The first-order chi connectivity index (χ1) is 15.8. The molecule has 0 spiro atoms. The van der Waals surface area contributed by atoms with Crippen molar-refractivity contribution in [3.8, 4) is 17.1 Å². The van der Waals surface area contributed by atoms with Crippen molar-refractivity contribution in [1.29, 1.82) is 0 Å². The molecule has 4 aromatic rings. The van der Waals surface area contributed by atoms with Gasteiger partial charge in [-0.25, -0.2) is 9.97 Å². The van der Waals surface area contributed by atoms with Crippen molar-refractivity contribution in [3.63, 3.8) is 0 Å². The summed E-state index contributed by atoms with van der Waals surface area (Å²) in [6.07, 6.45) is 10.8. The Morgan fingerprint density at radius 2 is 1.75 bits per heavy atom. The second-order valence-electron chi connectivity index (χ2n) is 8.99. The molecule has 0 radical (unpaired) electrons. The molecule has 5 nitrogen and oxygen atoms in total. The molecule has 5 heteroatoms. The van der Waals surface area contributed by atoms with Gasteiger partial charge in [-0.3, -0.25) is 0 Å². The van der Waals surface area contributed by atoms with Gasteiger partial charge in [0, 0.05) is 22.7 Å². The average Bonchev–Trinajstić information content (AvgIpc) is 3.27. The zero-order valence-electron chi connectivity index (χ0n) is 18.3. The van der Waals surface area contributed by atoms with Gasteiger partial charge in [-0.05, 0) is 72.9 Å². The predicted molar refractivity (Wildman–Crippen MR) is 127 cm³/mol. The van der Waals surface area contributed by atoms with Crippen LogP contribution in [0.4, 0.5) is 11.5 Å². The van der Waals surface area contributed by atoms with E-state index in [0.717, 1.165) is 39.5 Å². The lowest BCUT2D eigenvalue weighted by Gasteiger charge is -2.29. The van der Waals surface area contributed by atoms with Gasteiger partial charge in [-0.2, -0.15) is 0 Å². The Kier molecular flexibility index (Phi) is 4.82. The molecule has 0 bridgehead atoms. The molecule has 2 aliphatic rings. The lowest BCUT2D eigenvalue weighted by molar-refractivity contribution is 0.374. The van der Waals surface area contributed by atoms with Crippen LogP contribution in [0.3, 0.4) is 0 Å². The Morgan fingerprint density at radius 1 is 0.938 bits per heavy atom. The van der Waals surface area contributed by atoms with Crippen molar-refractivity contribution in [2.75, 3.05) is 12.4 Å². The molecule has 0 aliphatic heterocycles. The molecule has 6 rings (SSSR count). The second kappa shape index (κ2) is 7.97. The van der Waals surface area contributed by atoms with E-state index >= 15 is 0 Å². The molecule has 2 saturated carbocycles. The van der Waals surface area contributed by atoms with Crippen LogP contribution >= 0.6 is 0 Å². The number of nitrogens with one attached hydrogen (secondary N) is 1. The molecular weight excluding hydrogens is 398 g/mol. The molecule has 0 unspecified atom stereocenters. The summed E-state index contributed by atoms with van der Waals surface area (Å²) in [5, 5.41) is 4.71. The smallest absolute Gasteiger partial charge is 0.141 e. The van der Waals surface area contributed by atoms with Gasteiger partial charge in [0.1, 0.15) is 23.7 Å². The molecule has 32 heavy (non-hydrogen) atoms. The topological polar surface area (TPSA) is 60.2 Å². The average molecular weight is 426 g/mol. The van der Waals surface area contributed by atoms with Crippen LogP contribution < -0.4 is 10.1 Å². The van der Waals surface area contributed by atoms with Crippen molar-refractivity contribution < 1.29 is 9.15 Å². The Hall–Kier alpha value is -3.34. The van der Waals surface area contributed by atoms with Crippen LogP contribution in [0.2, 0.25) is 0 Å². The van der Waals surface area contributed by atoms with Crippen LogP contribution in [0.1, 0.15) is 61.5 Å². The Bertz CT molecular complexity index is 1260. The molecule has 2 fully saturated rings. The minimum absolute atomic E-state index is 0.565. The number of methoxy groups -OCH3 is 1. The lowest BCUT2D eigenvalue weighted by atomic mass is 9.79. The van der Waals surface area contributed by atoms with E-state index in [0.29, 0.717) is 11.8 Å². The Balaban J connectivity index is 1.45. The predicted octanol–water partition coefficient (Wildman–Crippen LogP) is 7.18. The summed E-state index contributed by atoms with van der Waals surface area (Å²) in [5.74, 6) is 3.81. The zero-order valence-corrected chi connectivity index (χ0v) is 18.3. The Labute approximate surface area is 187 Å². The summed E-state index contributed by atoms with van der Waals surface area (Å²) >= 11 is 0. The number of ether oxygens (including phenoxy) is 1. The lowest BCUT2D eigenvalue weighted by Crippen LogP contribution is -2.12. The number of rotatable bonds is 6. The van der Waals surface area contributed by atoms with Crippen molar-refractivity contribution in [1.82, 2.24) is 9.97 Å². The van der Waals surface area contributed by atoms with Crippen LogP contribution in [-0.4, -0.2) is 17.1 Å². The number of anilines is 2. The first kappa shape index (κ1) is 19.4. The number of furan rings is 1. The van der Waals surface area contributed by atoms with Gasteiger partial charge >= 0.3 is 0 Å². The largest absolute Gasteiger partial charge is 0.496 e. The molecule has 1 N–H and O–H groups in total. The van der Waals surface area contributed by atoms with Crippen molar-refractivity contribution >= 4 is 22.4 Å². The van der Waals surface area contributed by atoms with E-state index in [-0.39, 0.29) is 0 Å². The van der Waals surface area contributed by atoms with E-state index in [4.69, 9.17) is 9.15 Å². The van der Waals surface area contributed by atoms with Gasteiger partial charge in [-0.15, -0.1) is 0 Å². The molecule has 162 valence electrons. The maximum absolute atomic E-state index is 5.71. The quantitative estimate of drug-likeness (QED) is 0.355. The Morgan fingerprint density at radius 3 is 2.44 bits per heavy atom. The third-order valence-corrected chi connectivity index (χ3v) is 7.19. The van der Waals surface area contributed by atoms with Crippen LogP contribution in [0.25, 0.3) is 22.2 Å². The van der Waals surface area contributed by atoms with E-state index in [9.17, 15) is 0 Å². The molecule has 2 aliphatic carbocycles. The van der Waals surface area contributed by atoms with Crippen molar-refractivity contribution in [2.45, 2.75) is 50.4 Å². The number of nitrogens with zero attached hydrogens (tertiary/aromatic N) is 2. The van der Waals surface area contributed by atoms with E-state index < -0.39 is 0 Å². The van der Waals surface area contributed by atoms with Gasteiger partial charge in [0.25, 0.3) is 0 Å². The fourth-order valence-corrected chi connectivity index (χ4v) is 4.88. The summed E-state index contributed by atoms with van der Waals surface area (Å²) in [5.41, 5.74) is 5.69.